The van der Waals surface area contributed by atoms with Gasteiger partial charge in [-0.1, -0.05) is 9.24 Å². The smallest absolute Gasteiger partial charge is 0.236 e. The van der Waals surface area contributed by atoms with Crippen LogP contribution in [-0.2, 0) is 7.05 Å². The Labute approximate surface area is 62.6 Å². The van der Waals surface area contributed by atoms with Crippen molar-refractivity contribution in [3.8, 4) is 5.88 Å². The van der Waals surface area contributed by atoms with Crippen molar-refractivity contribution in [3.05, 3.63) is 5.56 Å². The molecule has 0 saturated carbocycles. The number of aromatic nitrogens is 2. The van der Waals surface area contributed by atoms with Gasteiger partial charge < -0.3 is 4.74 Å². The van der Waals surface area contributed by atoms with Gasteiger partial charge in [-0.2, -0.15) is 0 Å². The molecule has 0 aliphatic carbocycles. The molecule has 1 unspecified atom stereocenters. The number of rotatable bonds is 1. The second-order valence-electron chi connectivity index (χ2n) is 2.14. The molecule has 0 aliphatic rings. The molecule has 0 N–H and O–H groups in total. The van der Waals surface area contributed by atoms with Crippen molar-refractivity contribution in [1.29, 1.82) is 0 Å². The van der Waals surface area contributed by atoms with Gasteiger partial charge in [0.2, 0.25) is 5.88 Å². The zero-order valence-electron chi connectivity index (χ0n) is 6.38. The number of hydrogen-bond donors (Lipinski definition) is 0. The van der Waals surface area contributed by atoms with Gasteiger partial charge in [-0.3, -0.25) is 4.68 Å². The standard InChI is InChI=1S/C6H11N2OP/c1-4-5(9-3)7-8(2)6(4)10/h10H2,1-3H3. The highest BCUT2D eigenvalue weighted by atomic mass is 31.0. The summed E-state index contributed by atoms with van der Waals surface area (Å²) in [5, 5.41) is 4.10. The number of aryl methyl sites for hydroxylation is 1. The summed E-state index contributed by atoms with van der Waals surface area (Å²) in [5.74, 6) is 0.701. The van der Waals surface area contributed by atoms with E-state index in [0.29, 0.717) is 5.88 Å². The number of hydrogen-bond acceptors (Lipinski definition) is 2. The summed E-state index contributed by atoms with van der Waals surface area (Å²) < 4.78 is 6.78. The molecule has 56 valence electrons. The maximum Gasteiger partial charge on any atom is 0.236 e. The van der Waals surface area contributed by atoms with Crippen molar-refractivity contribution in [2.75, 3.05) is 7.11 Å². The predicted octanol–water partition coefficient (Wildman–Crippen LogP) is 0.238. The van der Waals surface area contributed by atoms with Crippen LogP contribution in [0.5, 0.6) is 5.88 Å². The monoisotopic (exact) mass is 158 g/mol. The molecule has 0 spiro atoms. The Morgan fingerprint density at radius 3 is 2.40 bits per heavy atom. The van der Waals surface area contributed by atoms with E-state index in [4.69, 9.17) is 4.74 Å². The molecule has 1 rings (SSSR count). The first-order valence-corrected chi connectivity index (χ1v) is 3.57. The second kappa shape index (κ2) is 2.59. The molecule has 0 radical (unpaired) electrons. The van der Waals surface area contributed by atoms with Gasteiger partial charge in [-0.05, 0) is 6.92 Å². The van der Waals surface area contributed by atoms with E-state index < -0.39 is 0 Å². The first-order chi connectivity index (χ1) is 4.66. The van der Waals surface area contributed by atoms with Crippen LogP contribution in [0.25, 0.3) is 0 Å². The predicted molar refractivity (Wildman–Crippen MR) is 43.8 cm³/mol. The van der Waals surface area contributed by atoms with E-state index in [1.807, 2.05) is 14.0 Å². The molecule has 0 aliphatic heterocycles. The lowest BCUT2D eigenvalue weighted by Crippen LogP contribution is -2.06. The van der Waals surface area contributed by atoms with Crippen LogP contribution in [0.1, 0.15) is 5.56 Å². The molecule has 1 atom stereocenters. The highest BCUT2D eigenvalue weighted by Gasteiger charge is 2.06. The van der Waals surface area contributed by atoms with Crippen molar-refractivity contribution in [2.45, 2.75) is 6.92 Å². The minimum absolute atomic E-state index is 0.701. The van der Waals surface area contributed by atoms with E-state index in [1.165, 1.54) is 0 Å². The van der Waals surface area contributed by atoms with Crippen molar-refractivity contribution in [2.24, 2.45) is 7.05 Å². The molecule has 3 nitrogen and oxygen atoms in total. The summed E-state index contributed by atoms with van der Waals surface area (Å²) in [5.41, 5.74) is 2.15. The summed E-state index contributed by atoms with van der Waals surface area (Å²) in [7, 11) is 6.13. The van der Waals surface area contributed by atoms with Crippen molar-refractivity contribution in [1.82, 2.24) is 9.78 Å². The summed E-state index contributed by atoms with van der Waals surface area (Å²) in [4.78, 5) is 0. The molecule has 1 aromatic heterocycles. The van der Waals surface area contributed by atoms with Crippen LogP contribution in [0.3, 0.4) is 0 Å². The second-order valence-corrected chi connectivity index (χ2v) is 2.69. The number of methoxy groups -OCH3 is 1. The van der Waals surface area contributed by atoms with Crippen molar-refractivity contribution in [3.63, 3.8) is 0 Å². The average molecular weight is 158 g/mol. The van der Waals surface area contributed by atoms with Crippen molar-refractivity contribution < 1.29 is 4.74 Å². The van der Waals surface area contributed by atoms with Gasteiger partial charge in [0.15, 0.2) is 0 Å². The largest absolute Gasteiger partial charge is 0.480 e. The summed E-state index contributed by atoms with van der Waals surface area (Å²) >= 11 is 0. The Hall–Kier alpha value is -0.560. The van der Waals surface area contributed by atoms with Gasteiger partial charge in [-0.15, -0.1) is 5.10 Å². The van der Waals surface area contributed by atoms with E-state index in [-0.39, 0.29) is 0 Å². The molecule has 4 heteroatoms. The highest BCUT2D eigenvalue weighted by Crippen LogP contribution is 2.12. The van der Waals surface area contributed by atoms with Gasteiger partial charge >= 0.3 is 0 Å². The Balaban J connectivity index is 3.17. The van der Waals surface area contributed by atoms with Gasteiger partial charge in [0.25, 0.3) is 0 Å². The molecule has 1 aromatic rings. The fourth-order valence-electron chi connectivity index (χ4n) is 0.811. The van der Waals surface area contributed by atoms with Crippen LogP contribution >= 0.6 is 9.24 Å². The molecule has 0 bridgehead atoms. The van der Waals surface area contributed by atoms with E-state index in [9.17, 15) is 0 Å². The quantitative estimate of drug-likeness (QED) is 0.547. The number of ether oxygens (including phenoxy) is 1. The maximum absolute atomic E-state index is 5.00. The molecule has 1 heterocycles. The van der Waals surface area contributed by atoms with Crippen LogP contribution < -0.4 is 10.2 Å². The Morgan fingerprint density at radius 1 is 1.60 bits per heavy atom. The third-order valence-electron chi connectivity index (χ3n) is 1.49. The lowest BCUT2D eigenvalue weighted by atomic mass is 10.4. The topological polar surface area (TPSA) is 27.1 Å². The van der Waals surface area contributed by atoms with Crippen molar-refractivity contribution >= 4 is 14.7 Å². The van der Waals surface area contributed by atoms with Gasteiger partial charge in [0.1, 0.15) is 0 Å². The molecule has 0 amide bonds. The molecule has 10 heavy (non-hydrogen) atoms. The third-order valence-corrected chi connectivity index (χ3v) is 2.29. The van der Waals surface area contributed by atoms with Gasteiger partial charge in [0, 0.05) is 12.6 Å². The molecular weight excluding hydrogens is 147 g/mol. The van der Waals surface area contributed by atoms with Gasteiger partial charge in [-0.25, -0.2) is 0 Å². The minimum Gasteiger partial charge on any atom is -0.480 e. The fourth-order valence-corrected chi connectivity index (χ4v) is 0.992. The highest BCUT2D eigenvalue weighted by molar-refractivity contribution is 7.27. The van der Waals surface area contributed by atoms with Crippen LogP contribution in [0.15, 0.2) is 0 Å². The fraction of sp³-hybridized carbons (Fsp3) is 0.500. The number of nitrogens with zero attached hydrogens (tertiary/aromatic N) is 2. The molecule has 0 saturated heterocycles. The molecular formula is C6H11N2OP. The zero-order chi connectivity index (χ0) is 7.72. The summed E-state index contributed by atoms with van der Waals surface area (Å²) in [6.07, 6.45) is 0. The minimum atomic E-state index is 0.701. The van der Waals surface area contributed by atoms with E-state index in [1.54, 1.807) is 11.8 Å². The van der Waals surface area contributed by atoms with Crippen LogP contribution in [-0.4, -0.2) is 16.9 Å². The SMILES string of the molecule is COc1nn(C)c(P)c1C. The first-order valence-electron chi connectivity index (χ1n) is 3.00. The zero-order valence-corrected chi connectivity index (χ0v) is 7.53. The normalized spacial score (nSPS) is 10.0. The van der Waals surface area contributed by atoms with Crippen LogP contribution in [0, 0.1) is 6.92 Å². The van der Waals surface area contributed by atoms with Crippen LogP contribution in [0.4, 0.5) is 0 Å². The van der Waals surface area contributed by atoms with Crippen LogP contribution in [0.2, 0.25) is 0 Å². The summed E-state index contributed by atoms with van der Waals surface area (Å²) in [6.45, 7) is 1.98. The Bertz CT molecular complexity index is 244. The summed E-state index contributed by atoms with van der Waals surface area (Å²) in [6, 6.07) is 0. The Morgan fingerprint density at radius 2 is 2.20 bits per heavy atom. The lowest BCUT2D eigenvalue weighted by Gasteiger charge is -1.91. The molecule has 0 aromatic carbocycles. The lowest BCUT2D eigenvalue weighted by molar-refractivity contribution is 0.389. The van der Waals surface area contributed by atoms with E-state index in [0.717, 1.165) is 11.0 Å². The van der Waals surface area contributed by atoms with E-state index in [2.05, 4.69) is 14.3 Å². The third kappa shape index (κ3) is 1.01. The Kier molecular flexibility index (Phi) is 1.95. The molecule has 0 fully saturated rings. The maximum atomic E-state index is 5.00. The van der Waals surface area contributed by atoms with E-state index >= 15 is 0 Å². The average Bonchev–Trinajstić information content (AvgIpc) is 2.17. The van der Waals surface area contributed by atoms with Gasteiger partial charge in [0.05, 0.1) is 12.5 Å². The first kappa shape index (κ1) is 7.55.